The van der Waals surface area contributed by atoms with Gasteiger partial charge in [-0.15, -0.1) is 0 Å². The third kappa shape index (κ3) is 36.6. The van der Waals surface area contributed by atoms with E-state index in [9.17, 15) is 30.3 Å². The van der Waals surface area contributed by atoms with E-state index in [-0.39, 0.29) is 12.5 Å². The van der Waals surface area contributed by atoms with Gasteiger partial charge in [0.25, 0.3) is 0 Å². The van der Waals surface area contributed by atoms with Crippen LogP contribution in [-0.4, -0.2) is 87.5 Å². The van der Waals surface area contributed by atoms with Gasteiger partial charge in [0.2, 0.25) is 5.91 Å². The second-order valence-electron chi connectivity index (χ2n) is 20.1. The molecule has 0 bridgehead atoms. The average molecular weight is 936 g/mol. The van der Waals surface area contributed by atoms with Gasteiger partial charge in [-0.1, -0.05) is 263 Å². The minimum atomic E-state index is -1.57. The summed E-state index contributed by atoms with van der Waals surface area (Å²) in [5.41, 5.74) is 0. The van der Waals surface area contributed by atoms with E-state index < -0.39 is 49.5 Å². The Morgan fingerprint density at radius 2 is 0.864 bits per heavy atom. The Morgan fingerprint density at radius 3 is 1.27 bits per heavy atom. The molecule has 66 heavy (non-hydrogen) atoms. The highest BCUT2D eigenvalue weighted by Gasteiger charge is 2.44. The van der Waals surface area contributed by atoms with E-state index in [1.165, 1.54) is 218 Å². The predicted molar refractivity (Wildman–Crippen MR) is 277 cm³/mol. The molecule has 0 saturated carbocycles. The monoisotopic (exact) mass is 936 g/mol. The smallest absolute Gasteiger partial charge is 0.220 e. The molecule has 0 radical (unpaired) electrons. The Labute approximate surface area is 407 Å². The van der Waals surface area contributed by atoms with Crippen molar-refractivity contribution in [2.75, 3.05) is 13.2 Å². The van der Waals surface area contributed by atoms with E-state index in [4.69, 9.17) is 9.47 Å². The van der Waals surface area contributed by atoms with Crippen LogP contribution in [0.3, 0.4) is 0 Å². The summed E-state index contributed by atoms with van der Waals surface area (Å²) < 4.78 is 11.3. The Kier molecular flexibility index (Phi) is 45.0. The van der Waals surface area contributed by atoms with Gasteiger partial charge < -0.3 is 40.3 Å². The molecule has 6 N–H and O–H groups in total. The summed E-state index contributed by atoms with van der Waals surface area (Å²) in [6.45, 7) is 3.80. The molecule has 390 valence electrons. The Balaban J connectivity index is 2.25. The third-order valence-electron chi connectivity index (χ3n) is 13.8. The molecule has 7 atom stereocenters. The zero-order valence-electron chi connectivity index (χ0n) is 43.2. The molecule has 0 aromatic carbocycles. The molecule has 0 aromatic heterocycles. The van der Waals surface area contributed by atoms with Crippen molar-refractivity contribution in [3.05, 3.63) is 24.3 Å². The van der Waals surface area contributed by atoms with Crippen LogP contribution < -0.4 is 5.32 Å². The van der Waals surface area contributed by atoms with Crippen LogP contribution >= 0.6 is 0 Å². The van der Waals surface area contributed by atoms with Crippen molar-refractivity contribution < 1.29 is 39.8 Å². The minimum absolute atomic E-state index is 0.181. The van der Waals surface area contributed by atoms with Crippen molar-refractivity contribution in [1.82, 2.24) is 5.32 Å². The molecule has 1 rings (SSSR count). The number of allylic oxidation sites excluding steroid dienone is 3. The fourth-order valence-corrected chi connectivity index (χ4v) is 9.23. The Bertz CT molecular complexity index is 1090. The average Bonchev–Trinajstić information content (AvgIpc) is 3.32. The first-order valence-corrected chi connectivity index (χ1v) is 28.6. The van der Waals surface area contributed by atoms with Gasteiger partial charge in [0, 0.05) is 6.42 Å². The standard InChI is InChI=1S/C57H109NO8/c1-3-5-7-9-11-13-15-17-19-21-23-25-27-29-31-33-35-37-39-41-43-45-47-53(61)58-50(49-65-57-56(64)55(63)54(62)52(48-59)66-57)51(60)46-44-42-40-38-36-34-32-30-28-26-24-22-20-18-16-14-12-10-8-6-4-2/h36,38,44,46,50-52,54-57,59-60,62-64H,3-35,37,39-43,45,47-49H2,1-2H3,(H,58,61)/b38-36+,46-44+. The molecule has 7 unspecified atom stereocenters. The van der Waals surface area contributed by atoms with Crippen LogP contribution in [0.15, 0.2) is 24.3 Å². The van der Waals surface area contributed by atoms with Gasteiger partial charge in [-0.05, 0) is 32.1 Å². The Hall–Kier alpha value is -1.33. The Morgan fingerprint density at radius 1 is 0.500 bits per heavy atom. The predicted octanol–water partition coefficient (Wildman–Crippen LogP) is 13.8. The molecule has 1 saturated heterocycles. The number of carbonyl (C=O) groups is 1. The maximum Gasteiger partial charge on any atom is 0.220 e. The zero-order valence-corrected chi connectivity index (χ0v) is 43.2. The molecule has 0 spiro atoms. The summed E-state index contributed by atoms with van der Waals surface area (Å²) in [5, 5.41) is 54.5. The number of aliphatic hydroxyl groups is 5. The highest BCUT2D eigenvalue weighted by Crippen LogP contribution is 2.23. The number of hydrogen-bond donors (Lipinski definition) is 6. The van der Waals surface area contributed by atoms with Gasteiger partial charge in [0.05, 0.1) is 25.4 Å². The molecule has 1 aliphatic heterocycles. The number of aliphatic hydroxyl groups excluding tert-OH is 5. The van der Waals surface area contributed by atoms with Crippen molar-refractivity contribution in [2.45, 2.75) is 320 Å². The van der Waals surface area contributed by atoms with Crippen LogP contribution in [0.25, 0.3) is 0 Å². The molecule has 0 aliphatic carbocycles. The second kappa shape index (κ2) is 47.4. The van der Waals surface area contributed by atoms with E-state index in [2.05, 4.69) is 31.3 Å². The molecule has 1 fully saturated rings. The summed E-state index contributed by atoms with van der Waals surface area (Å²) in [4.78, 5) is 13.0. The SMILES string of the molecule is CCCCCCCCCCCCCCCCC/C=C/CC/C=C/C(O)C(COC1OC(CO)C(O)C(O)C1O)NC(=O)CCCCCCCCCCCCCCCCCCCCCCCC. The van der Waals surface area contributed by atoms with Crippen LogP contribution in [0.2, 0.25) is 0 Å². The normalized spacial score (nSPS) is 19.9. The molecule has 9 heteroatoms. The van der Waals surface area contributed by atoms with E-state index in [1.54, 1.807) is 6.08 Å². The molecular weight excluding hydrogens is 827 g/mol. The summed E-state index contributed by atoms with van der Waals surface area (Å²) in [5.74, 6) is -0.181. The lowest BCUT2D eigenvalue weighted by molar-refractivity contribution is -0.302. The van der Waals surface area contributed by atoms with Crippen molar-refractivity contribution in [2.24, 2.45) is 0 Å². The maximum absolute atomic E-state index is 13.0. The van der Waals surface area contributed by atoms with E-state index in [0.29, 0.717) is 6.42 Å². The number of amides is 1. The first kappa shape index (κ1) is 62.7. The molecule has 1 aliphatic rings. The van der Waals surface area contributed by atoms with Crippen LogP contribution in [0, 0.1) is 0 Å². The van der Waals surface area contributed by atoms with E-state index in [0.717, 1.165) is 38.5 Å². The molecule has 1 amide bonds. The highest BCUT2D eigenvalue weighted by atomic mass is 16.7. The number of carbonyl (C=O) groups excluding carboxylic acids is 1. The summed E-state index contributed by atoms with van der Waals surface area (Å²) in [6.07, 6.45) is 52.4. The number of rotatable bonds is 49. The first-order chi connectivity index (χ1) is 32.3. The van der Waals surface area contributed by atoms with Gasteiger partial charge in [-0.25, -0.2) is 0 Å². The highest BCUT2D eigenvalue weighted by molar-refractivity contribution is 5.76. The zero-order chi connectivity index (χ0) is 48.0. The number of nitrogens with one attached hydrogen (secondary N) is 1. The van der Waals surface area contributed by atoms with Gasteiger partial charge in [-0.2, -0.15) is 0 Å². The topological polar surface area (TPSA) is 149 Å². The lowest BCUT2D eigenvalue weighted by Gasteiger charge is -2.40. The first-order valence-electron chi connectivity index (χ1n) is 28.6. The van der Waals surface area contributed by atoms with E-state index in [1.807, 2.05) is 6.08 Å². The fraction of sp³-hybridized carbons (Fsp3) is 0.912. The van der Waals surface area contributed by atoms with Gasteiger partial charge in [-0.3, -0.25) is 4.79 Å². The summed E-state index contributed by atoms with van der Waals surface area (Å²) in [6, 6.07) is -0.818. The van der Waals surface area contributed by atoms with Gasteiger partial charge in [0.15, 0.2) is 6.29 Å². The summed E-state index contributed by atoms with van der Waals surface area (Å²) in [7, 11) is 0. The summed E-state index contributed by atoms with van der Waals surface area (Å²) >= 11 is 0. The lowest BCUT2D eigenvalue weighted by Crippen LogP contribution is -2.60. The van der Waals surface area contributed by atoms with Gasteiger partial charge in [0.1, 0.15) is 24.4 Å². The lowest BCUT2D eigenvalue weighted by atomic mass is 9.99. The fourth-order valence-electron chi connectivity index (χ4n) is 9.23. The van der Waals surface area contributed by atoms with Crippen LogP contribution in [-0.2, 0) is 14.3 Å². The number of hydrogen-bond acceptors (Lipinski definition) is 8. The molecule has 9 nitrogen and oxygen atoms in total. The number of unbranched alkanes of at least 4 members (excludes halogenated alkanes) is 37. The van der Waals surface area contributed by atoms with Crippen LogP contribution in [0.1, 0.15) is 277 Å². The third-order valence-corrected chi connectivity index (χ3v) is 13.8. The van der Waals surface area contributed by atoms with Crippen LogP contribution in [0.4, 0.5) is 0 Å². The van der Waals surface area contributed by atoms with Crippen molar-refractivity contribution >= 4 is 5.91 Å². The van der Waals surface area contributed by atoms with E-state index >= 15 is 0 Å². The molecular formula is C57H109NO8. The quantitative estimate of drug-likeness (QED) is 0.0261. The molecule has 0 aromatic rings. The second-order valence-corrected chi connectivity index (χ2v) is 20.1. The maximum atomic E-state index is 13.0. The van der Waals surface area contributed by atoms with Gasteiger partial charge >= 0.3 is 0 Å². The number of ether oxygens (including phenoxy) is 2. The van der Waals surface area contributed by atoms with Crippen molar-refractivity contribution in [3.63, 3.8) is 0 Å². The minimum Gasteiger partial charge on any atom is -0.394 e. The largest absolute Gasteiger partial charge is 0.394 e. The van der Waals surface area contributed by atoms with Crippen molar-refractivity contribution in [1.29, 1.82) is 0 Å². The van der Waals surface area contributed by atoms with Crippen molar-refractivity contribution in [3.8, 4) is 0 Å². The van der Waals surface area contributed by atoms with Crippen LogP contribution in [0.5, 0.6) is 0 Å². The molecule has 1 heterocycles.